The molecule has 0 atom stereocenters. The van der Waals surface area contributed by atoms with Crippen LogP contribution in [0.2, 0.25) is 0 Å². The topological polar surface area (TPSA) is 97.1 Å². The highest BCUT2D eigenvalue weighted by Gasteiger charge is 2.22. The maximum atomic E-state index is 12.7. The van der Waals surface area contributed by atoms with Gasteiger partial charge in [-0.05, 0) is 30.2 Å². The van der Waals surface area contributed by atoms with Crippen molar-refractivity contribution in [2.24, 2.45) is 0 Å². The summed E-state index contributed by atoms with van der Waals surface area (Å²) in [5, 5.41) is 8.67. The lowest BCUT2D eigenvalue weighted by Crippen LogP contribution is -2.50. The lowest BCUT2D eigenvalue weighted by Gasteiger charge is -2.35. The van der Waals surface area contributed by atoms with Crippen LogP contribution in [0.25, 0.3) is 11.3 Å². The van der Waals surface area contributed by atoms with Gasteiger partial charge in [-0.3, -0.25) is 19.1 Å². The van der Waals surface area contributed by atoms with Gasteiger partial charge in [-0.25, -0.2) is 4.98 Å². The Kier molecular flexibility index (Phi) is 6.01. The maximum absolute atomic E-state index is 12.7. The van der Waals surface area contributed by atoms with Crippen molar-refractivity contribution in [1.29, 1.82) is 0 Å². The SMILES string of the molecule is CC(C)c1cc(=O)n(CC(=O)N2CCN(c3ccc(-c4ccncc4)nn3)CC2)cn1. The average Bonchev–Trinajstić information content (AvgIpc) is 2.81. The number of amides is 1. The molecule has 1 aliphatic rings. The van der Waals surface area contributed by atoms with Crippen LogP contribution in [0.1, 0.15) is 25.5 Å². The van der Waals surface area contributed by atoms with E-state index in [1.165, 1.54) is 17.0 Å². The molecule has 0 N–H and O–H groups in total. The first-order valence-corrected chi connectivity index (χ1v) is 10.3. The minimum absolute atomic E-state index is 0.00461. The Hall–Kier alpha value is -3.62. The Morgan fingerprint density at radius 1 is 1.03 bits per heavy atom. The summed E-state index contributed by atoms with van der Waals surface area (Å²) in [6.45, 7) is 6.42. The third-order valence-corrected chi connectivity index (χ3v) is 5.38. The van der Waals surface area contributed by atoms with Crippen molar-refractivity contribution in [1.82, 2.24) is 29.6 Å². The molecule has 9 nitrogen and oxygen atoms in total. The van der Waals surface area contributed by atoms with Crippen molar-refractivity contribution in [2.75, 3.05) is 31.1 Å². The number of carbonyl (C=O) groups excluding carboxylic acids is 1. The zero-order valence-corrected chi connectivity index (χ0v) is 17.7. The summed E-state index contributed by atoms with van der Waals surface area (Å²) in [5.41, 5.74) is 2.30. The summed E-state index contributed by atoms with van der Waals surface area (Å²) < 4.78 is 1.36. The van der Waals surface area contributed by atoms with Crippen LogP contribution in [0.3, 0.4) is 0 Å². The number of piperazine rings is 1. The van der Waals surface area contributed by atoms with Gasteiger partial charge in [0.1, 0.15) is 6.54 Å². The highest BCUT2D eigenvalue weighted by molar-refractivity contribution is 5.76. The molecule has 0 radical (unpaired) electrons. The second-order valence-corrected chi connectivity index (χ2v) is 7.82. The molecule has 1 saturated heterocycles. The predicted octanol–water partition coefficient (Wildman–Crippen LogP) is 1.57. The van der Waals surface area contributed by atoms with Gasteiger partial charge in [-0.2, -0.15) is 0 Å². The van der Waals surface area contributed by atoms with Crippen molar-refractivity contribution < 1.29 is 4.79 Å². The lowest BCUT2D eigenvalue weighted by atomic mass is 10.1. The summed E-state index contributed by atoms with van der Waals surface area (Å²) in [7, 11) is 0. The van der Waals surface area contributed by atoms with Gasteiger partial charge in [0.2, 0.25) is 5.91 Å². The molecule has 3 aromatic rings. The van der Waals surface area contributed by atoms with Gasteiger partial charge >= 0.3 is 0 Å². The summed E-state index contributed by atoms with van der Waals surface area (Å²) >= 11 is 0. The van der Waals surface area contributed by atoms with Gasteiger partial charge in [0.05, 0.1) is 17.7 Å². The van der Waals surface area contributed by atoms with E-state index in [2.05, 4.69) is 25.1 Å². The first-order chi connectivity index (χ1) is 15.0. The molecule has 4 heterocycles. The predicted molar refractivity (Wildman–Crippen MR) is 117 cm³/mol. The summed E-state index contributed by atoms with van der Waals surface area (Å²) in [6.07, 6.45) is 4.92. The highest BCUT2D eigenvalue weighted by atomic mass is 16.2. The fourth-order valence-corrected chi connectivity index (χ4v) is 3.48. The number of pyridine rings is 1. The van der Waals surface area contributed by atoms with Crippen molar-refractivity contribution in [3.05, 3.63) is 65.1 Å². The van der Waals surface area contributed by atoms with Crippen LogP contribution >= 0.6 is 0 Å². The van der Waals surface area contributed by atoms with E-state index < -0.39 is 0 Å². The molecule has 0 saturated carbocycles. The quantitative estimate of drug-likeness (QED) is 0.619. The van der Waals surface area contributed by atoms with Crippen LogP contribution in [0, 0.1) is 0 Å². The molecule has 9 heteroatoms. The number of rotatable bonds is 5. The largest absolute Gasteiger partial charge is 0.352 e. The Morgan fingerprint density at radius 2 is 1.77 bits per heavy atom. The number of hydrogen-bond acceptors (Lipinski definition) is 7. The molecule has 160 valence electrons. The molecule has 0 aliphatic carbocycles. The standard InChI is InChI=1S/C22H25N7O2/c1-16(2)19-13-21(30)29(15-24-19)14-22(31)28-11-9-27(10-12-28)20-4-3-18(25-26-20)17-5-7-23-8-6-17/h3-8,13,15-16H,9-12,14H2,1-2H3. The second-order valence-electron chi connectivity index (χ2n) is 7.82. The third-order valence-electron chi connectivity index (χ3n) is 5.38. The molecule has 1 amide bonds. The summed E-state index contributed by atoms with van der Waals surface area (Å²) in [5.74, 6) is 0.877. The van der Waals surface area contributed by atoms with Gasteiger partial charge in [0.15, 0.2) is 5.82 Å². The van der Waals surface area contributed by atoms with E-state index in [1.807, 2.05) is 38.1 Å². The summed E-state index contributed by atoms with van der Waals surface area (Å²) in [4.78, 5) is 37.1. The van der Waals surface area contributed by atoms with Crippen LogP contribution in [0.5, 0.6) is 0 Å². The Labute approximate surface area is 180 Å². The molecular weight excluding hydrogens is 394 g/mol. The van der Waals surface area contributed by atoms with Crippen LogP contribution in [0.4, 0.5) is 5.82 Å². The minimum atomic E-state index is -0.199. The first kappa shape index (κ1) is 20.6. The van der Waals surface area contributed by atoms with E-state index in [0.717, 1.165) is 22.8 Å². The zero-order chi connectivity index (χ0) is 21.8. The van der Waals surface area contributed by atoms with Crippen LogP contribution < -0.4 is 10.5 Å². The average molecular weight is 419 g/mol. The van der Waals surface area contributed by atoms with Gasteiger partial charge in [-0.15, -0.1) is 10.2 Å². The number of nitrogens with zero attached hydrogens (tertiary/aromatic N) is 7. The molecule has 4 rings (SSSR count). The Bertz CT molecular complexity index is 1090. The van der Waals surface area contributed by atoms with Gasteiger partial charge < -0.3 is 9.80 Å². The van der Waals surface area contributed by atoms with Crippen LogP contribution in [0.15, 0.2) is 53.8 Å². The van der Waals surface area contributed by atoms with E-state index >= 15 is 0 Å². The van der Waals surface area contributed by atoms with Crippen molar-refractivity contribution in [3.8, 4) is 11.3 Å². The van der Waals surface area contributed by atoms with Crippen molar-refractivity contribution in [3.63, 3.8) is 0 Å². The van der Waals surface area contributed by atoms with E-state index in [4.69, 9.17) is 0 Å². The van der Waals surface area contributed by atoms with Crippen LogP contribution in [-0.4, -0.2) is 61.7 Å². The van der Waals surface area contributed by atoms with E-state index in [1.54, 1.807) is 17.3 Å². The van der Waals surface area contributed by atoms with E-state index in [9.17, 15) is 9.59 Å². The third kappa shape index (κ3) is 4.76. The number of carbonyl (C=O) groups is 1. The fourth-order valence-electron chi connectivity index (χ4n) is 3.48. The minimum Gasteiger partial charge on any atom is -0.352 e. The highest BCUT2D eigenvalue weighted by Crippen LogP contribution is 2.18. The molecule has 0 spiro atoms. The number of anilines is 1. The molecule has 3 aromatic heterocycles. The normalized spacial score (nSPS) is 14.2. The number of hydrogen-bond donors (Lipinski definition) is 0. The second kappa shape index (κ2) is 9.03. The van der Waals surface area contributed by atoms with E-state index in [-0.39, 0.29) is 23.9 Å². The molecule has 31 heavy (non-hydrogen) atoms. The van der Waals surface area contributed by atoms with E-state index in [0.29, 0.717) is 26.2 Å². The van der Waals surface area contributed by atoms with Crippen molar-refractivity contribution in [2.45, 2.75) is 26.3 Å². The number of aromatic nitrogens is 5. The van der Waals surface area contributed by atoms with Gasteiger partial charge in [0.25, 0.3) is 5.56 Å². The zero-order valence-electron chi connectivity index (χ0n) is 17.7. The molecule has 0 aromatic carbocycles. The smallest absolute Gasteiger partial charge is 0.254 e. The van der Waals surface area contributed by atoms with Gasteiger partial charge in [-0.1, -0.05) is 13.8 Å². The molecule has 1 aliphatic heterocycles. The molecule has 0 bridgehead atoms. The lowest BCUT2D eigenvalue weighted by molar-refractivity contribution is -0.132. The fraction of sp³-hybridized carbons (Fsp3) is 0.364. The monoisotopic (exact) mass is 419 g/mol. The Balaban J connectivity index is 1.34. The maximum Gasteiger partial charge on any atom is 0.254 e. The molecule has 0 unspecified atom stereocenters. The Morgan fingerprint density at radius 3 is 2.39 bits per heavy atom. The van der Waals surface area contributed by atoms with Gasteiger partial charge in [0, 0.05) is 50.2 Å². The molecule has 1 fully saturated rings. The van der Waals surface area contributed by atoms with Crippen LogP contribution in [-0.2, 0) is 11.3 Å². The van der Waals surface area contributed by atoms with Crippen molar-refractivity contribution >= 4 is 11.7 Å². The first-order valence-electron chi connectivity index (χ1n) is 10.3. The summed E-state index contributed by atoms with van der Waals surface area (Å²) in [6, 6.07) is 9.18. The molecular formula is C22H25N7O2.